The number of furan rings is 1. The summed E-state index contributed by atoms with van der Waals surface area (Å²) in [6.45, 7) is 2.10. The average molecular weight is 321 g/mol. The molecule has 1 nitrogen and oxygen atoms in total. The monoisotopic (exact) mass is 320 g/mol. The first-order valence-corrected chi connectivity index (χ1v) is 7.73. The van der Waals surface area contributed by atoms with Gasteiger partial charge in [-0.3, -0.25) is 0 Å². The smallest absolute Gasteiger partial charge is 0.134 e. The number of alkyl halides is 1. The maximum atomic E-state index is 5.89. The van der Waals surface area contributed by atoms with Crippen molar-refractivity contribution in [2.45, 2.75) is 18.2 Å². The molecule has 1 atom stereocenters. The van der Waals surface area contributed by atoms with E-state index in [1.165, 1.54) is 16.5 Å². The zero-order valence-electron chi connectivity index (χ0n) is 10.0. The second kappa shape index (κ2) is 4.90. The van der Waals surface area contributed by atoms with Gasteiger partial charge in [0.15, 0.2) is 0 Å². The Morgan fingerprint density at radius 1 is 1.28 bits per heavy atom. The lowest BCUT2D eigenvalue weighted by Gasteiger charge is -2.04. The quantitative estimate of drug-likeness (QED) is 0.582. The fraction of sp³-hybridized carbons (Fsp3) is 0.200. The van der Waals surface area contributed by atoms with Crippen LogP contribution in [0.15, 0.2) is 45.5 Å². The van der Waals surface area contributed by atoms with Crippen molar-refractivity contribution < 1.29 is 4.42 Å². The first-order chi connectivity index (χ1) is 8.72. The third kappa shape index (κ3) is 2.38. The van der Waals surface area contributed by atoms with Gasteiger partial charge in [0.05, 0.1) is 4.83 Å². The third-order valence-electron chi connectivity index (χ3n) is 2.99. The molecule has 18 heavy (non-hydrogen) atoms. The lowest BCUT2D eigenvalue weighted by atomic mass is 10.1. The van der Waals surface area contributed by atoms with Crippen LogP contribution in [0.4, 0.5) is 0 Å². The van der Waals surface area contributed by atoms with Crippen LogP contribution in [0.2, 0.25) is 0 Å². The molecular formula is C15H13BrOS. The molecule has 0 spiro atoms. The summed E-state index contributed by atoms with van der Waals surface area (Å²) in [6, 6.07) is 10.6. The molecule has 0 aliphatic carbocycles. The van der Waals surface area contributed by atoms with E-state index >= 15 is 0 Å². The zero-order chi connectivity index (χ0) is 12.5. The Bertz CT molecular complexity index is 654. The van der Waals surface area contributed by atoms with Crippen LogP contribution in [0.3, 0.4) is 0 Å². The molecule has 1 unspecified atom stereocenters. The third-order valence-corrected chi connectivity index (χ3v) is 4.50. The summed E-state index contributed by atoms with van der Waals surface area (Å²) in [5, 5.41) is 5.47. The standard InChI is InChI=1S/C15H13BrOS/c1-10-2-3-14-12(6-10)8-15(17-14)13(16)7-11-4-5-18-9-11/h2-6,8-9,13H,7H2,1H3. The zero-order valence-corrected chi connectivity index (χ0v) is 12.4. The number of aryl methyl sites for hydroxylation is 1. The van der Waals surface area contributed by atoms with Crippen LogP contribution in [-0.4, -0.2) is 0 Å². The van der Waals surface area contributed by atoms with Crippen molar-refractivity contribution in [2.75, 3.05) is 0 Å². The van der Waals surface area contributed by atoms with Crippen LogP contribution < -0.4 is 0 Å². The number of hydrogen-bond acceptors (Lipinski definition) is 2. The molecule has 0 saturated carbocycles. The van der Waals surface area contributed by atoms with Crippen molar-refractivity contribution in [3.05, 3.63) is 58.0 Å². The molecule has 2 aromatic heterocycles. The molecule has 0 amide bonds. The lowest BCUT2D eigenvalue weighted by Crippen LogP contribution is -1.91. The molecule has 0 aliphatic heterocycles. The van der Waals surface area contributed by atoms with Gasteiger partial charge < -0.3 is 4.42 Å². The summed E-state index contributed by atoms with van der Waals surface area (Å²) < 4.78 is 5.89. The number of benzene rings is 1. The van der Waals surface area contributed by atoms with Gasteiger partial charge in [-0.2, -0.15) is 11.3 Å². The van der Waals surface area contributed by atoms with E-state index in [0.717, 1.165) is 17.8 Å². The highest BCUT2D eigenvalue weighted by molar-refractivity contribution is 9.09. The molecule has 0 N–H and O–H groups in total. The van der Waals surface area contributed by atoms with E-state index in [0.29, 0.717) is 0 Å². The van der Waals surface area contributed by atoms with Crippen molar-refractivity contribution in [3.63, 3.8) is 0 Å². The number of rotatable bonds is 3. The molecule has 3 aromatic rings. The molecular weight excluding hydrogens is 308 g/mol. The fourth-order valence-corrected chi connectivity index (χ4v) is 3.33. The van der Waals surface area contributed by atoms with Gasteiger partial charge >= 0.3 is 0 Å². The summed E-state index contributed by atoms with van der Waals surface area (Å²) in [5.41, 5.74) is 3.57. The van der Waals surface area contributed by atoms with E-state index in [2.05, 4.69) is 57.9 Å². The van der Waals surface area contributed by atoms with Crippen molar-refractivity contribution in [1.82, 2.24) is 0 Å². The predicted octanol–water partition coefficient (Wildman–Crippen LogP) is 5.48. The van der Waals surface area contributed by atoms with Crippen LogP contribution in [-0.2, 0) is 6.42 Å². The van der Waals surface area contributed by atoms with Crippen molar-refractivity contribution >= 4 is 38.2 Å². The van der Waals surface area contributed by atoms with E-state index in [4.69, 9.17) is 4.42 Å². The summed E-state index contributed by atoms with van der Waals surface area (Å²) in [5.74, 6) is 1.00. The summed E-state index contributed by atoms with van der Waals surface area (Å²) in [6.07, 6.45) is 0.961. The molecule has 3 rings (SSSR count). The Balaban J connectivity index is 1.89. The molecule has 0 fully saturated rings. The van der Waals surface area contributed by atoms with Gasteiger partial charge in [0.1, 0.15) is 11.3 Å². The number of fused-ring (bicyclic) bond motifs is 1. The van der Waals surface area contributed by atoms with Crippen LogP contribution in [0.1, 0.15) is 21.7 Å². The van der Waals surface area contributed by atoms with E-state index in [-0.39, 0.29) is 4.83 Å². The van der Waals surface area contributed by atoms with Gasteiger partial charge in [0.25, 0.3) is 0 Å². The second-order valence-electron chi connectivity index (χ2n) is 4.49. The fourth-order valence-electron chi connectivity index (χ4n) is 2.05. The Morgan fingerprint density at radius 2 is 2.17 bits per heavy atom. The summed E-state index contributed by atoms with van der Waals surface area (Å²) >= 11 is 5.45. The normalized spacial score (nSPS) is 13.0. The van der Waals surface area contributed by atoms with Crippen LogP contribution >= 0.6 is 27.3 Å². The lowest BCUT2D eigenvalue weighted by molar-refractivity contribution is 0.546. The van der Waals surface area contributed by atoms with Crippen LogP contribution in [0.5, 0.6) is 0 Å². The van der Waals surface area contributed by atoms with E-state index in [1.54, 1.807) is 11.3 Å². The SMILES string of the molecule is Cc1ccc2oc(C(Br)Cc3ccsc3)cc2c1. The molecule has 3 heteroatoms. The Hall–Kier alpha value is -1.06. The maximum Gasteiger partial charge on any atom is 0.134 e. The molecule has 1 aromatic carbocycles. The van der Waals surface area contributed by atoms with E-state index < -0.39 is 0 Å². The van der Waals surface area contributed by atoms with Crippen molar-refractivity contribution in [1.29, 1.82) is 0 Å². The molecule has 2 heterocycles. The van der Waals surface area contributed by atoms with Gasteiger partial charge in [-0.25, -0.2) is 0 Å². The molecule has 0 saturated heterocycles. The van der Waals surface area contributed by atoms with Crippen molar-refractivity contribution in [2.24, 2.45) is 0 Å². The highest BCUT2D eigenvalue weighted by atomic mass is 79.9. The molecule has 0 bridgehead atoms. The first-order valence-electron chi connectivity index (χ1n) is 5.87. The van der Waals surface area contributed by atoms with Gasteiger partial charge in [0.2, 0.25) is 0 Å². The largest absolute Gasteiger partial charge is 0.460 e. The minimum atomic E-state index is 0.236. The minimum absolute atomic E-state index is 0.236. The van der Waals surface area contributed by atoms with Gasteiger partial charge in [-0.15, -0.1) is 0 Å². The van der Waals surface area contributed by atoms with Crippen LogP contribution in [0.25, 0.3) is 11.0 Å². The van der Waals surface area contributed by atoms with Crippen LogP contribution in [0, 0.1) is 6.92 Å². The minimum Gasteiger partial charge on any atom is -0.460 e. The first kappa shape index (κ1) is 12.0. The highest BCUT2D eigenvalue weighted by Crippen LogP contribution is 2.32. The Morgan fingerprint density at radius 3 is 2.94 bits per heavy atom. The molecule has 92 valence electrons. The maximum absolute atomic E-state index is 5.89. The molecule has 0 aliphatic rings. The Labute approximate surface area is 119 Å². The predicted molar refractivity (Wildman–Crippen MR) is 80.6 cm³/mol. The topological polar surface area (TPSA) is 13.1 Å². The van der Waals surface area contributed by atoms with Crippen molar-refractivity contribution in [3.8, 4) is 0 Å². The van der Waals surface area contributed by atoms with E-state index in [1.807, 2.05) is 6.07 Å². The molecule has 0 radical (unpaired) electrons. The van der Waals surface area contributed by atoms with Gasteiger partial charge in [-0.05, 0) is 53.9 Å². The van der Waals surface area contributed by atoms with E-state index in [9.17, 15) is 0 Å². The number of halogens is 1. The summed E-state index contributed by atoms with van der Waals surface area (Å²) in [4.78, 5) is 0.236. The summed E-state index contributed by atoms with van der Waals surface area (Å²) in [7, 11) is 0. The Kier molecular flexibility index (Phi) is 3.27. The second-order valence-corrected chi connectivity index (χ2v) is 6.38. The number of hydrogen-bond donors (Lipinski definition) is 0. The van der Waals surface area contributed by atoms with Gasteiger partial charge in [0, 0.05) is 5.39 Å². The highest BCUT2D eigenvalue weighted by Gasteiger charge is 2.14. The average Bonchev–Trinajstić information content (AvgIpc) is 2.96. The number of thiophene rings is 1. The van der Waals surface area contributed by atoms with Gasteiger partial charge in [-0.1, -0.05) is 27.6 Å².